The lowest BCUT2D eigenvalue weighted by atomic mass is 10.1. The second kappa shape index (κ2) is 7.45. The van der Waals surface area contributed by atoms with Gasteiger partial charge in [-0.1, -0.05) is 18.2 Å². The van der Waals surface area contributed by atoms with E-state index < -0.39 is 0 Å². The first-order valence-corrected chi connectivity index (χ1v) is 7.29. The highest BCUT2D eigenvalue weighted by Crippen LogP contribution is 2.19. The molecule has 0 saturated heterocycles. The zero-order valence-electron chi connectivity index (χ0n) is 13.5. The van der Waals surface area contributed by atoms with Crippen molar-refractivity contribution in [1.82, 2.24) is 0 Å². The van der Waals surface area contributed by atoms with Gasteiger partial charge in [-0.2, -0.15) is 0 Å². The van der Waals surface area contributed by atoms with Crippen molar-refractivity contribution in [2.45, 2.75) is 13.8 Å². The average Bonchev–Trinajstić information content (AvgIpc) is 2.56. The van der Waals surface area contributed by atoms with Crippen LogP contribution in [0.3, 0.4) is 0 Å². The molecular formula is C18H20N2O3. The SMILES string of the molecule is COC(=O)c1ccc(NCC(=O)Nc2c(C)cccc2C)cc1. The topological polar surface area (TPSA) is 67.4 Å². The van der Waals surface area contributed by atoms with Crippen LogP contribution in [-0.2, 0) is 9.53 Å². The number of carbonyl (C=O) groups is 2. The van der Waals surface area contributed by atoms with E-state index in [0.29, 0.717) is 5.56 Å². The van der Waals surface area contributed by atoms with Crippen molar-refractivity contribution in [1.29, 1.82) is 0 Å². The van der Waals surface area contributed by atoms with Crippen LogP contribution in [0.25, 0.3) is 0 Å². The van der Waals surface area contributed by atoms with Crippen molar-refractivity contribution in [3.63, 3.8) is 0 Å². The Balaban J connectivity index is 1.93. The highest BCUT2D eigenvalue weighted by molar-refractivity contribution is 5.95. The van der Waals surface area contributed by atoms with E-state index in [4.69, 9.17) is 0 Å². The van der Waals surface area contributed by atoms with Crippen LogP contribution in [0, 0.1) is 13.8 Å². The Morgan fingerprint density at radius 2 is 1.61 bits per heavy atom. The van der Waals surface area contributed by atoms with Crippen molar-refractivity contribution < 1.29 is 14.3 Å². The average molecular weight is 312 g/mol. The molecule has 5 heteroatoms. The van der Waals surface area contributed by atoms with Crippen LogP contribution < -0.4 is 10.6 Å². The predicted molar refractivity (Wildman–Crippen MR) is 90.8 cm³/mol. The smallest absolute Gasteiger partial charge is 0.337 e. The third-order valence-corrected chi connectivity index (χ3v) is 3.50. The van der Waals surface area contributed by atoms with E-state index >= 15 is 0 Å². The fourth-order valence-corrected chi connectivity index (χ4v) is 2.22. The van der Waals surface area contributed by atoms with Gasteiger partial charge < -0.3 is 15.4 Å². The zero-order valence-corrected chi connectivity index (χ0v) is 13.5. The number of hydrogen-bond acceptors (Lipinski definition) is 4. The van der Waals surface area contributed by atoms with Gasteiger partial charge in [0, 0.05) is 11.4 Å². The summed E-state index contributed by atoms with van der Waals surface area (Å²) >= 11 is 0. The van der Waals surface area contributed by atoms with Gasteiger partial charge in [-0.3, -0.25) is 4.79 Å². The summed E-state index contributed by atoms with van der Waals surface area (Å²) in [5, 5.41) is 5.94. The molecule has 0 aliphatic heterocycles. The number of benzene rings is 2. The van der Waals surface area contributed by atoms with Crippen molar-refractivity contribution in [3.05, 3.63) is 59.2 Å². The molecule has 120 valence electrons. The molecule has 2 rings (SSSR count). The van der Waals surface area contributed by atoms with E-state index in [0.717, 1.165) is 22.5 Å². The molecule has 2 N–H and O–H groups in total. The van der Waals surface area contributed by atoms with E-state index in [2.05, 4.69) is 15.4 Å². The van der Waals surface area contributed by atoms with Crippen LogP contribution in [0.5, 0.6) is 0 Å². The van der Waals surface area contributed by atoms with Gasteiger partial charge in [0.1, 0.15) is 0 Å². The monoisotopic (exact) mass is 312 g/mol. The number of hydrogen-bond donors (Lipinski definition) is 2. The zero-order chi connectivity index (χ0) is 16.8. The lowest BCUT2D eigenvalue weighted by Crippen LogP contribution is -2.22. The van der Waals surface area contributed by atoms with Crippen LogP contribution >= 0.6 is 0 Å². The molecule has 0 fully saturated rings. The highest BCUT2D eigenvalue weighted by Gasteiger charge is 2.08. The third-order valence-electron chi connectivity index (χ3n) is 3.50. The van der Waals surface area contributed by atoms with Gasteiger partial charge in [0.15, 0.2) is 0 Å². The Kier molecular flexibility index (Phi) is 5.36. The molecule has 0 unspecified atom stereocenters. The second-order valence-electron chi connectivity index (χ2n) is 5.24. The minimum absolute atomic E-state index is 0.126. The number of esters is 1. The summed E-state index contributed by atoms with van der Waals surface area (Å²) in [5.74, 6) is -0.510. The van der Waals surface area contributed by atoms with Gasteiger partial charge in [-0.05, 0) is 49.2 Å². The molecule has 0 saturated carbocycles. The molecule has 5 nitrogen and oxygen atoms in total. The fraction of sp³-hybridized carbons (Fsp3) is 0.222. The molecule has 0 spiro atoms. The van der Waals surface area contributed by atoms with Crippen LogP contribution in [0.4, 0.5) is 11.4 Å². The summed E-state index contributed by atoms with van der Waals surface area (Å²) in [6.45, 7) is 4.06. The van der Waals surface area contributed by atoms with E-state index in [-0.39, 0.29) is 18.4 Å². The lowest BCUT2D eigenvalue weighted by Gasteiger charge is -2.12. The fourth-order valence-electron chi connectivity index (χ4n) is 2.22. The van der Waals surface area contributed by atoms with Crippen molar-refractivity contribution >= 4 is 23.3 Å². The number of aryl methyl sites for hydroxylation is 2. The maximum atomic E-state index is 12.1. The lowest BCUT2D eigenvalue weighted by molar-refractivity contribution is -0.114. The summed E-state index contributed by atoms with van der Waals surface area (Å²) in [7, 11) is 1.34. The van der Waals surface area contributed by atoms with Crippen LogP contribution in [0.2, 0.25) is 0 Å². The van der Waals surface area contributed by atoms with Crippen LogP contribution in [0.15, 0.2) is 42.5 Å². The first kappa shape index (κ1) is 16.5. The minimum Gasteiger partial charge on any atom is -0.465 e. The summed E-state index contributed by atoms with van der Waals surface area (Å²) in [6, 6.07) is 12.6. The number of para-hydroxylation sites is 1. The first-order chi connectivity index (χ1) is 11.0. The van der Waals surface area contributed by atoms with Gasteiger partial charge in [-0.25, -0.2) is 4.79 Å². The molecule has 0 aromatic heterocycles. The number of rotatable bonds is 5. The number of amides is 1. The minimum atomic E-state index is -0.385. The quantitative estimate of drug-likeness (QED) is 0.832. The molecule has 2 aromatic carbocycles. The third kappa shape index (κ3) is 4.32. The molecule has 0 atom stereocenters. The molecule has 0 aliphatic carbocycles. The molecule has 0 bridgehead atoms. The van der Waals surface area contributed by atoms with Gasteiger partial charge in [0.2, 0.25) is 5.91 Å². The second-order valence-corrected chi connectivity index (χ2v) is 5.24. The Hall–Kier alpha value is -2.82. The maximum Gasteiger partial charge on any atom is 0.337 e. The number of nitrogens with one attached hydrogen (secondary N) is 2. The van der Waals surface area contributed by atoms with E-state index in [1.165, 1.54) is 7.11 Å². The number of methoxy groups -OCH3 is 1. The first-order valence-electron chi connectivity index (χ1n) is 7.29. The maximum absolute atomic E-state index is 12.1. The summed E-state index contributed by atoms with van der Waals surface area (Å²) in [5.41, 5.74) is 4.13. The van der Waals surface area contributed by atoms with Crippen LogP contribution in [0.1, 0.15) is 21.5 Å². The van der Waals surface area contributed by atoms with Gasteiger partial charge in [0.25, 0.3) is 0 Å². The van der Waals surface area contributed by atoms with Gasteiger partial charge in [-0.15, -0.1) is 0 Å². The van der Waals surface area contributed by atoms with Gasteiger partial charge in [0.05, 0.1) is 19.2 Å². The summed E-state index contributed by atoms with van der Waals surface area (Å²) in [4.78, 5) is 23.4. The van der Waals surface area contributed by atoms with Crippen molar-refractivity contribution in [3.8, 4) is 0 Å². The molecule has 0 heterocycles. The summed E-state index contributed by atoms with van der Waals surface area (Å²) < 4.78 is 4.64. The Labute approximate surface area is 135 Å². The predicted octanol–water partition coefficient (Wildman–Crippen LogP) is 3.14. The molecule has 1 amide bonds. The molecular weight excluding hydrogens is 292 g/mol. The Morgan fingerprint density at radius 3 is 2.17 bits per heavy atom. The molecule has 0 radical (unpaired) electrons. The molecule has 0 aliphatic rings. The normalized spacial score (nSPS) is 10.0. The standard InChI is InChI=1S/C18H20N2O3/c1-12-5-4-6-13(2)17(12)20-16(21)11-19-15-9-7-14(8-10-15)18(22)23-3/h4-10,19H,11H2,1-3H3,(H,20,21). The van der Waals surface area contributed by atoms with Crippen molar-refractivity contribution in [2.75, 3.05) is 24.3 Å². The van der Waals surface area contributed by atoms with E-state index in [1.54, 1.807) is 24.3 Å². The molecule has 23 heavy (non-hydrogen) atoms. The number of anilines is 2. The largest absolute Gasteiger partial charge is 0.465 e. The number of ether oxygens (including phenoxy) is 1. The van der Waals surface area contributed by atoms with Gasteiger partial charge >= 0.3 is 5.97 Å². The molecule has 2 aromatic rings. The van der Waals surface area contributed by atoms with E-state index in [9.17, 15) is 9.59 Å². The number of carbonyl (C=O) groups excluding carboxylic acids is 2. The van der Waals surface area contributed by atoms with Crippen molar-refractivity contribution in [2.24, 2.45) is 0 Å². The van der Waals surface area contributed by atoms with E-state index in [1.807, 2.05) is 32.0 Å². The highest BCUT2D eigenvalue weighted by atomic mass is 16.5. The van der Waals surface area contributed by atoms with Crippen LogP contribution in [-0.4, -0.2) is 25.5 Å². The Bertz CT molecular complexity index is 688. The Morgan fingerprint density at radius 1 is 1.00 bits per heavy atom. The summed E-state index contributed by atoms with van der Waals surface area (Å²) in [6.07, 6.45) is 0.